The van der Waals surface area contributed by atoms with Crippen LogP contribution < -0.4 is 5.32 Å². The molecule has 8 rings (SSSR count). The Morgan fingerprint density at radius 2 is 1.52 bits per heavy atom. The second kappa shape index (κ2) is 18.4. The monoisotopic (exact) mass is 803 g/mol. The first-order chi connectivity index (χ1) is 29.2. The third-order valence-corrected chi connectivity index (χ3v) is 11.6. The average Bonchev–Trinajstić information content (AvgIpc) is 3.55. The van der Waals surface area contributed by atoms with E-state index in [4.69, 9.17) is 14.2 Å². The van der Waals surface area contributed by atoms with Gasteiger partial charge >= 0.3 is 6.09 Å². The average molecular weight is 804 g/mol. The highest BCUT2D eigenvalue weighted by Crippen LogP contribution is 2.39. The number of fused-ring (bicyclic) bond motifs is 1. The van der Waals surface area contributed by atoms with Crippen LogP contribution in [-0.2, 0) is 43.6 Å². The third-order valence-electron chi connectivity index (χ3n) is 11.6. The van der Waals surface area contributed by atoms with Crippen LogP contribution in [0.4, 0.5) is 4.79 Å². The van der Waals surface area contributed by atoms with E-state index >= 15 is 0 Å². The maximum atomic E-state index is 13.4. The van der Waals surface area contributed by atoms with Crippen LogP contribution in [0.2, 0.25) is 0 Å². The van der Waals surface area contributed by atoms with Crippen LogP contribution in [0, 0.1) is 0 Å². The van der Waals surface area contributed by atoms with Crippen molar-refractivity contribution in [3.05, 3.63) is 179 Å². The molecule has 10 heteroatoms. The van der Waals surface area contributed by atoms with Gasteiger partial charge in [0.1, 0.15) is 12.6 Å². The van der Waals surface area contributed by atoms with Crippen LogP contribution in [0.25, 0.3) is 21.9 Å². The molecule has 0 aromatic heterocycles. The number of nitrogens with one attached hydrogen (secondary N) is 1. The summed E-state index contributed by atoms with van der Waals surface area (Å²) in [5.41, 5.74) is 7.34. The Balaban J connectivity index is 0.959. The Kier molecular flexibility index (Phi) is 12.4. The highest BCUT2D eigenvalue weighted by Gasteiger charge is 2.40. The van der Waals surface area contributed by atoms with Gasteiger partial charge in [-0.25, -0.2) is 4.79 Å². The summed E-state index contributed by atoms with van der Waals surface area (Å²) in [4.78, 5) is 42.6. The minimum Gasteiger partial charge on any atom is -0.445 e. The number of carbonyl (C=O) groups excluding carboxylic acids is 3. The van der Waals surface area contributed by atoms with Crippen molar-refractivity contribution in [1.29, 1.82) is 0 Å². The molecule has 2 aliphatic rings. The predicted molar refractivity (Wildman–Crippen MR) is 229 cm³/mol. The van der Waals surface area contributed by atoms with Gasteiger partial charge in [-0.15, -0.1) is 0 Å². The summed E-state index contributed by atoms with van der Waals surface area (Å²) in [6.45, 7) is 2.99. The molecule has 306 valence electrons. The van der Waals surface area contributed by atoms with Crippen LogP contribution in [0.3, 0.4) is 0 Å². The predicted octanol–water partition coefficient (Wildman–Crippen LogP) is 8.79. The number of alkyl carbamates (subject to hydrolysis) is 1. The number of benzene rings is 6. The number of hydrogen-bond donors (Lipinski definition) is 2. The number of imide groups is 1. The molecule has 3 amide bonds. The molecule has 2 saturated heterocycles. The van der Waals surface area contributed by atoms with Gasteiger partial charge in [0.2, 0.25) is 5.91 Å². The quantitative estimate of drug-likeness (QED) is 0.111. The zero-order chi connectivity index (χ0) is 41.6. The van der Waals surface area contributed by atoms with E-state index in [1.54, 1.807) is 0 Å². The van der Waals surface area contributed by atoms with Gasteiger partial charge < -0.3 is 24.6 Å². The molecule has 0 saturated carbocycles. The topological polar surface area (TPSA) is 118 Å². The highest BCUT2D eigenvalue weighted by molar-refractivity contribution is 6.06. The second-order valence-electron chi connectivity index (χ2n) is 15.6. The number of aliphatic hydroxyl groups is 1. The van der Waals surface area contributed by atoms with Crippen molar-refractivity contribution in [2.24, 2.45) is 0 Å². The second-order valence-corrected chi connectivity index (χ2v) is 15.6. The summed E-state index contributed by atoms with van der Waals surface area (Å²) in [6, 6.07) is 47.0. The van der Waals surface area contributed by atoms with Gasteiger partial charge in [-0.1, -0.05) is 140 Å². The lowest BCUT2D eigenvalue weighted by molar-refractivity contribution is -0.253. The maximum Gasteiger partial charge on any atom is 0.408 e. The van der Waals surface area contributed by atoms with Crippen LogP contribution in [0.15, 0.2) is 146 Å². The zero-order valence-corrected chi connectivity index (χ0v) is 33.8. The number of nitrogens with zero attached hydrogens (tertiary/aromatic N) is 2. The largest absolute Gasteiger partial charge is 0.445 e. The molecular weight excluding hydrogens is 755 g/mol. The first-order valence-corrected chi connectivity index (χ1v) is 20.4. The van der Waals surface area contributed by atoms with Crippen LogP contribution in [0.1, 0.15) is 71.6 Å². The highest BCUT2D eigenvalue weighted by atomic mass is 16.7. The zero-order valence-electron chi connectivity index (χ0n) is 33.8. The smallest absolute Gasteiger partial charge is 0.408 e. The van der Waals surface area contributed by atoms with E-state index in [-0.39, 0.29) is 50.3 Å². The van der Waals surface area contributed by atoms with E-state index in [0.29, 0.717) is 13.0 Å². The van der Waals surface area contributed by atoms with Gasteiger partial charge in [0, 0.05) is 24.6 Å². The molecule has 0 bridgehead atoms. The number of amides is 3. The van der Waals surface area contributed by atoms with Crippen LogP contribution in [0.5, 0.6) is 0 Å². The Morgan fingerprint density at radius 1 is 0.817 bits per heavy atom. The number of aliphatic hydroxyl groups excluding tert-OH is 1. The van der Waals surface area contributed by atoms with Gasteiger partial charge in [0.15, 0.2) is 6.29 Å². The molecule has 5 atom stereocenters. The molecule has 0 radical (unpaired) electrons. The van der Waals surface area contributed by atoms with Crippen LogP contribution >= 0.6 is 0 Å². The fourth-order valence-corrected chi connectivity index (χ4v) is 8.03. The first-order valence-electron chi connectivity index (χ1n) is 20.4. The Morgan fingerprint density at radius 3 is 2.28 bits per heavy atom. The lowest BCUT2D eigenvalue weighted by atomic mass is 9.97. The number of likely N-dealkylation sites (tertiary alicyclic amines) is 1. The van der Waals surface area contributed by atoms with Crippen LogP contribution in [-0.4, -0.2) is 58.6 Å². The third kappa shape index (κ3) is 9.33. The van der Waals surface area contributed by atoms with E-state index in [0.717, 1.165) is 38.9 Å². The summed E-state index contributed by atoms with van der Waals surface area (Å²) in [7, 11) is 2.13. The molecule has 6 aromatic rings. The summed E-state index contributed by atoms with van der Waals surface area (Å²) in [6.07, 6.45) is -1.23. The summed E-state index contributed by atoms with van der Waals surface area (Å²) >= 11 is 0. The fraction of sp³-hybridized carbons (Fsp3) is 0.260. The number of hydrogen-bond acceptors (Lipinski definition) is 8. The SMILES string of the molecule is CC(c1ccc2ccccc2c1)N(C)CC1CC(c2ccc(CO)cc2)OC(c2ccc(-c3ccccc3CN3C(=O)CC(NC(=O)OCc4ccccc4)C3=O)cc2)O1. The Labute approximate surface area is 350 Å². The molecule has 2 fully saturated rings. The maximum absolute atomic E-state index is 13.4. The normalized spacial score (nSPS) is 19.8. The summed E-state index contributed by atoms with van der Waals surface area (Å²) in [5, 5.41) is 14.7. The fourth-order valence-electron chi connectivity index (χ4n) is 8.03. The lowest BCUT2D eigenvalue weighted by Crippen LogP contribution is -2.41. The van der Waals surface area contributed by atoms with E-state index in [1.807, 2.05) is 103 Å². The van der Waals surface area contributed by atoms with E-state index in [2.05, 4.69) is 66.7 Å². The summed E-state index contributed by atoms with van der Waals surface area (Å²) in [5.74, 6) is -0.835. The van der Waals surface area contributed by atoms with Gasteiger partial charge in [-0.3, -0.25) is 19.4 Å². The molecule has 10 nitrogen and oxygen atoms in total. The molecular formula is C50H49N3O7. The number of carbonyl (C=O) groups is 3. The van der Waals surface area contributed by atoms with Crippen molar-refractivity contribution in [2.45, 2.75) is 70.1 Å². The first kappa shape index (κ1) is 40.6. The number of ether oxygens (including phenoxy) is 3. The van der Waals surface area contributed by atoms with Crippen molar-refractivity contribution < 1.29 is 33.7 Å². The molecule has 0 aliphatic carbocycles. The minimum absolute atomic E-state index is 0.0263. The number of rotatable bonds is 13. The number of likely N-dealkylation sites (N-methyl/N-ethyl adjacent to an activating group) is 1. The van der Waals surface area contributed by atoms with E-state index in [1.165, 1.54) is 21.2 Å². The molecule has 60 heavy (non-hydrogen) atoms. The molecule has 2 heterocycles. The molecule has 0 spiro atoms. The van der Waals surface area contributed by atoms with Gasteiger partial charge in [0.25, 0.3) is 5.91 Å². The molecule has 5 unspecified atom stereocenters. The van der Waals surface area contributed by atoms with Gasteiger partial charge in [-0.2, -0.15) is 0 Å². The van der Waals surface area contributed by atoms with Crippen molar-refractivity contribution in [1.82, 2.24) is 15.1 Å². The molecule has 2 aliphatic heterocycles. The molecule has 6 aromatic carbocycles. The summed E-state index contributed by atoms with van der Waals surface area (Å²) < 4.78 is 18.7. The van der Waals surface area contributed by atoms with E-state index in [9.17, 15) is 19.5 Å². The minimum atomic E-state index is -0.996. The lowest BCUT2D eigenvalue weighted by Gasteiger charge is -2.39. The van der Waals surface area contributed by atoms with Gasteiger partial charge in [0.05, 0.1) is 31.8 Å². The van der Waals surface area contributed by atoms with Crippen molar-refractivity contribution in [3.8, 4) is 11.1 Å². The van der Waals surface area contributed by atoms with Gasteiger partial charge in [-0.05, 0) is 69.8 Å². The van der Waals surface area contributed by atoms with Crippen molar-refractivity contribution in [3.63, 3.8) is 0 Å². The molecule has 2 N–H and O–H groups in total. The standard InChI is InChI=1S/C50H49N3O7/c1-33(40-25-20-36-12-6-7-13-41(36)26-40)52(2)30-43-27-46(38-18-16-34(31-54)17-19-38)60-49(59-43)39-23-21-37(22-24-39)44-15-9-8-14-42(44)29-53-47(55)28-45(48(53)56)51-50(57)58-32-35-10-4-3-5-11-35/h3-26,33,43,45-46,49,54H,27-32H2,1-2H3,(H,51,57). The van der Waals surface area contributed by atoms with Crippen molar-refractivity contribution in [2.75, 3.05) is 13.6 Å². The van der Waals surface area contributed by atoms with Crippen molar-refractivity contribution >= 4 is 28.7 Å². The Hall–Kier alpha value is -6.17. The van der Waals surface area contributed by atoms with E-state index < -0.39 is 24.3 Å². The Bertz CT molecular complexity index is 2440.